The van der Waals surface area contributed by atoms with E-state index in [0.717, 1.165) is 11.1 Å². The van der Waals surface area contributed by atoms with E-state index < -0.39 is 17.4 Å². The van der Waals surface area contributed by atoms with E-state index in [1.807, 2.05) is 36.4 Å². The van der Waals surface area contributed by atoms with Crippen molar-refractivity contribution >= 4 is 28.8 Å². The minimum atomic E-state index is -0.703. The van der Waals surface area contributed by atoms with Crippen molar-refractivity contribution in [3.05, 3.63) is 107 Å². The average molecular weight is 597 g/mol. The van der Waals surface area contributed by atoms with E-state index in [1.165, 1.54) is 10.9 Å². The Morgan fingerprint density at radius 3 is 2.20 bits per heavy atom. The maximum Gasteiger partial charge on any atom is 0.412 e. The number of benzene rings is 3. The Balaban J connectivity index is 1.56. The van der Waals surface area contributed by atoms with Gasteiger partial charge in [-0.1, -0.05) is 60.7 Å². The van der Waals surface area contributed by atoms with Gasteiger partial charge in [0.2, 0.25) is 0 Å². The predicted octanol–water partition coefficient (Wildman–Crippen LogP) is 5.69. The smallest absolute Gasteiger partial charge is 0.412 e. The Hall–Kier alpha value is -5.16. The van der Waals surface area contributed by atoms with Crippen molar-refractivity contribution in [2.24, 2.45) is 0 Å². The first-order chi connectivity index (χ1) is 21.2. The van der Waals surface area contributed by atoms with Gasteiger partial charge in [0, 0.05) is 20.2 Å². The second kappa shape index (κ2) is 13.4. The molecule has 44 heavy (non-hydrogen) atoms. The highest BCUT2D eigenvalue weighted by Crippen LogP contribution is 2.30. The number of ether oxygens (including phenoxy) is 3. The maximum atomic E-state index is 13.5. The molecule has 228 valence electrons. The lowest BCUT2D eigenvalue weighted by atomic mass is 10.1. The molecule has 0 saturated carbocycles. The van der Waals surface area contributed by atoms with Gasteiger partial charge in [-0.2, -0.15) is 0 Å². The molecule has 0 bridgehead atoms. The Labute approximate surface area is 255 Å². The predicted molar refractivity (Wildman–Crippen MR) is 169 cm³/mol. The third kappa shape index (κ3) is 7.42. The number of methoxy groups -OCH3 is 1. The van der Waals surface area contributed by atoms with E-state index in [2.05, 4.69) is 49.4 Å². The van der Waals surface area contributed by atoms with E-state index >= 15 is 0 Å². The fraction of sp³-hybridized carbons (Fsp3) is 0.273. The number of fused-ring (bicyclic) bond motifs is 1. The lowest BCUT2D eigenvalue weighted by molar-refractivity contribution is 0.0635. The van der Waals surface area contributed by atoms with Crippen molar-refractivity contribution in [2.75, 3.05) is 30.5 Å². The number of aromatic amines is 1. The quantitative estimate of drug-likeness (QED) is 0.187. The molecule has 1 amide bonds. The van der Waals surface area contributed by atoms with E-state index in [-0.39, 0.29) is 6.61 Å². The number of anilines is 2. The molecule has 2 aromatic heterocycles. The molecular formula is C33H36N6O5. The first-order valence-electron chi connectivity index (χ1n) is 14.3. The van der Waals surface area contributed by atoms with Gasteiger partial charge in [-0.15, -0.1) is 0 Å². The minimum absolute atomic E-state index is 0.265. The average Bonchev–Trinajstić information content (AvgIpc) is 3.33. The Kier molecular flexibility index (Phi) is 9.25. The van der Waals surface area contributed by atoms with Gasteiger partial charge in [0.15, 0.2) is 11.5 Å². The number of carbonyl (C=O) groups is 1. The Morgan fingerprint density at radius 2 is 1.59 bits per heavy atom. The first kappa shape index (κ1) is 30.3. The van der Waals surface area contributed by atoms with Crippen molar-refractivity contribution < 1.29 is 19.0 Å². The number of nitrogens with zero attached hydrogens (tertiary/aromatic N) is 4. The molecule has 5 rings (SSSR count). The van der Waals surface area contributed by atoms with E-state index in [4.69, 9.17) is 14.2 Å². The van der Waals surface area contributed by atoms with Gasteiger partial charge in [-0.3, -0.25) is 5.32 Å². The number of H-pyrrole nitrogens is 1. The second-order valence-electron chi connectivity index (χ2n) is 11.1. The molecule has 0 saturated heterocycles. The van der Waals surface area contributed by atoms with Crippen LogP contribution in [0.25, 0.3) is 16.9 Å². The number of hydrogen-bond acceptors (Lipinski definition) is 8. The van der Waals surface area contributed by atoms with Crippen LogP contribution in [0.5, 0.6) is 5.75 Å². The van der Waals surface area contributed by atoms with Crippen LogP contribution >= 0.6 is 0 Å². The number of rotatable bonds is 11. The number of aromatic nitrogens is 4. The summed E-state index contributed by atoms with van der Waals surface area (Å²) in [4.78, 5) is 40.4. The molecule has 0 aliphatic heterocycles. The summed E-state index contributed by atoms with van der Waals surface area (Å²) in [7, 11) is 1.58. The van der Waals surface area contributed by atoms with Crippen molar-refractivity contribution in [3.8, 4) is 11.4 Å². The van der Waals surface area contributed by atoms with Crippen LogP contribution in [0.3, 0.4) is 0 Å². The highest BCUT2D eigenvalue weighted by molar-refractivity contribution is 5.88. The fourth-order valence-corrected chi connectivity index (χ4v) is 4.73. The molecule has 0 radical (unpaired) electrons. The van der Waals surface area contributed by atoms with Crippen LogP contribution in [0.4, 0.5) is 16.3 Å². The lowest BCUT2D eigenvalue weighted by Crippen LogP contribution is -2.27. The Bertz CT molecular complexity index is 1720. The molecule has 0 aliphatic rings. The van der Waals surface area contributed by atoms with Crippen molar-refractivity contribution in [1.82, 2.24) is 19.5 Å². The van der Waals surface area contributed by atoms with Gasteiger partial charge >= 0.3 is 11.8 Å². The highest BCUT2D eigenvalue weighted by Gasteiger charge is 2.22. The number of nitrogens with one attached hydrogen (secondary N) is 2. The van der Waals surface area contributed by atoms with Crippen LogP contribution in [0.15, 0.2) is 90.0 Å². The van der Waals surface area contributed by atoms with Gasteiger partial charge in [0.1, 0.15) is 29.8 Å². The van der Waals surface area contributed by atoms with Gasteiger partial charge in [0.05, 0.1) is 18.0 Å². The van der Waals surface area contributed by atoms with E-state index in [0.29, 0.717) is 53.8 Å². The van der Waals surface area contributed by atoms with Crippen LogP contribution in [0.2, 0.25) is 0 Å². The highest BCUT2D eigenvalue weighted by atomic mass is 16.6. The third-order valence-corrected chi connectivity index (χ3v) is 6.59. The first-order valence-corrected chi connectivity index (χ1v) is 14.3. The Morgan fingerprint density at radius 1 is 0.932 bits per heavy atom. The molecule has 2 N–H and O–H groups in total. The van der Waals surface area contributed by atoms with E-state index in [1.54, 1.807) is 46.1 Å². The largest absolute Gasteiger partial charge is 0.489 e. The van der Waals surface area contributed by atoms with Crippen molar-refractivity contribution in [1.29, 1.82) is 0 Å². The summed E-state index contributed by atoms with van der Waals surface area (Å²) < 4.78 is 17.8. The molecule has 11 heteroatoms. The standard InChI is InChI=1S/C33H36N6O5/c1-33(2,3)44-32(41)36-26-19-25(15-16-27(26)43-18-17-42-4)39-30-28(37-31(39)40)29(34-22-35-30)38(20-23-11-7-5-8-12-23)21-24-13-9-6-10-14-24/h5-16,19,22H,17-18,20-21H2,1-4H3,(H,36,41)(H,37,40). The summed E-state index contributed by atoms with van der Waals surface area (Å²) in [6.45, 7) is 7.08. The molecule has 0 unspecified atom stereocenters. The van der Waals surface area contributed by atoms with Crippen LogP contribution in [-0.2, 0) is 22.6 Å². The van der Waals surface area contributed by atoms with Gasteiger partial charge in [-0.05, 0) is 50.1 Å². The van der Waals surface area contributed by atoms with Crippen molar-refractivity contribution in [3.63, 3.8) is 0 Å². The number of amides is 1. The molecule has 5 aromatic rings. The van der Waals surface area contributed by atoms with Crippen LogP contribution in [0, 0.1) is 0 Å². The summed E-state index contributed by atoms with van der Waals surface area (Å²) in [5, 5.41) is 2.75. The number of hydrogen-bond donors (Lipinski definition) is 2. The van der Waals surface area contributed by atoms with Gasteiger partial charge in [0.25, 0.3) is 0 Å². The minimum Gasteiger partial charge on any atom is -0.489 e. The maximum absolute atomic E-state index is 13.5. The van der Waals surface area contributed by atoms with Crippen molar-refractivity contribution in [2.45, 2.75) is 39.5 Å². The second-order valence-corrected chi connectivity index (χ2v) is 11.1. The number of imidazole rings is 1. The molecule has 11 nitrogen and oxygen atoms in total. The number of carbonyl (C=O) groups excluding carboxylic acids is 1. The zero-order valence-electron chi connectivity index (χ0n) is 25.2. The van der Waals surface area contributed by atoms with Crippen LogP contribution in [-0.4, -0.2) is 51.5 Å². The van der Waals surface area contributed by atoms with Gasteiger partial charge < -0.3 is 24.1 Å². The molecular weight excluding hydrogens is 560 g/mol. The zero-order valence-corrected chi connectivity index (χ0v) is 25.2. The van der Waals surface area contributed by atoms with Gasteiger partial charge in [-0.25, -0.2) is 24.1 Å². The summed E-state index contributed by atoms with van der Waals surface area (Å²) in [5.74, 6) is 0.988. The topological polar surface area (TPSA) is 124 Å². The molecule has 3 aromatic carbocycles. The molecule has 0 spiro atoms. The lowest BCUT2D eigenvalue weighted by Gasteiger charge is -2.24. The summed E-state index contributed by atoms with van der Waals surface area (Å²) in [6.07, 6.45) is 0.798. The fourth-order valence-electron chi connectivity index (χ4n) is 4.73. The monoisotopic (exact) mass is 596 g/mol. The molecule has 0 aliphatic carbocycles. The van der Waals surface area contributed by atoms with Crippen LogP contribution in [0.1, 0.15) is 31.9 Å². The third-order valence-electron chi connectivity index (χ3n) is 6.59. The summed E-state index contributed by atoms with van der Waals surface area (Å²) in [6, 6.07) is 25.2. The normalized spacial score (nSPS) is 11.4. The van der Waals surface area contributed by atoms with Crippen LogP contribution < -0.4 is 20.6 Å². The molecule has 0 fully saturated rings. The molecule has 0 atom stereocenters. The summed E-state index contributed by atoms with van der Waals surface area (Å²) >= 11 is 0. The van der Waals surface area contributed by atoms with E-state index in [9.17, 15) is 9.59 Å². The SMILES string of the molecule is COCCOc1ccc(-n2c(=O)[nH]c3c(N(Cc4ccccc4)Cc4ccccc4)ncnc32)cc1NC(=O)OC(C)(C)C. The molecule has 2 heterocycles. The zero-order chi connectivity index (χ0) is 31.1. The summed E-state index contributed by atoms with van der Waals surface area (Å²) in [5.41, 5.74) is 2.77.